The van der Waals surface area contributed by atoms with E-state index >= 15 is 0 Å². The van der Waals surface area contributed by atoms with Crippen LogP contribution in [0.3, 0.4) is 0 Å². The summed E-state index contributed by atoms with van der Waals surface area (Å²) in [4.78, 5) is 0.311. The van der Waals surface area contributed by atoms with Gasteiger partial charge in [-0.05, 0) is 37.5 Å². The van der Waals surface area contributed by atoms with E-state index in [0.717, 1.165) is 5.56 Å². The highest BCUT2D eigenvalue weighted by molar-refractivity contribution is 7.91. The molecule has 4 nitrogen and oxygen atoms in total. The Morgan fingerprint density at radius 3 is 1.90 bits per heavy atom. The Morgan fingerprint density at radius 2 is 1.50 bits per heavy atom. The molecule has 0 aliphatic heterocycles. The lowest BCUT2D eigenvalue weighted by Gasteiger charge is -2.17. The van der Waals surface area contributed by atoms with E-state index in [0.29, 0.717) is 24.0 Å². The molecule has 0 unspecified atom stereocenters. The van der Waals surface area contributed by atoms with Crippen LogP contribution in [0.1, 0.15) is 39.2 Å². The average molecular weight is 300 g/mol. The van der Waals surface area contributed by atoms with Crippen LogP contribution in [-0.4, -0.2) is 33.7 Å². The molecule has 0 fully saturated rings. The zero-order chi connectivity index (χ0) is 15.2. The van der Waals surface area contributed by atoms with Crippen molar-refractivity contribution in [3.63, 3.8) is 0 Å². The van der Waals surface area contributed by atoms with Crippen molar-refractivity contribution in [2.45, 2.75) is 44.8 Å². The number of ether oxygens (including phenoxy) is 2. The molecular formula is C15H24O4S. The number of sulfone groups is 1. The van der Waals surface area contributed by atoms with Crippen LogP contribution >= 0.6 is 0 Å². The lowest BCUT2D eigenvalue weighted by Crippen LogP contribution is -2.27. The van der Waals surface area contributed by atoms with Crippen LogP contribution in [0, 0.1) is 0 Å². The molecule has 0 saturated carbocycles. The highest BCUT2D eigenvalue weighted by Gasteiger charge is 2.22. The first kappa shape index (κ1) is 17.1. The van der Waals surface area contributed by atoms with Gasteiger partial charge in [0.25, 0.3) is 0 Å². The summed E-state index contributed by atoms with van der Waals surface area (Å²) in [6.45, 7) is 8.62. The molecule has 0 aliphatic carbocycles. The summed E-state index contributed by atoms with van der Waals surface area (Å²) in [5, 5.41) is 0. The van der Waals surface area contributed by atoms with E-state index in [1.165, 1.54) is 0 Å². The van der Waals surface area contributed by atoms with E-state index < -0.39 is 16.1 Å². The molecule has 1 aromatic carbocycles. The van der Waals surface area contributed by atoms with Crippen molar-refractivity contribution in [3.05, 3.63) is 29.8 Å². The minimum Gasteiger partial charge on any atom is -0.352 e. The largest absolute Gasteiger partial charge is 0.352 e. The molecule has 0 N–H and O–H groups in total. The minimum absolute atomic E-state index is 0.157. The van der Waals surface area contributed by atoms with Gasteiger partial charge in [0.2, 0.25) is 0 Å². The average Bonchev–Trinajstić information content (AvgIpc) is 2.39. The van der Waals surface area contributed by atoms with Gasteiger partial charge in [-0.25, -0.2) is 8.42 Å². The molecule has 0 radical (unpaired) electrons. The van der Waals surface area contributed by atoms with Crippen LogP contribution in [0.4, 0.5) is 0 Å². The molecule has 5 heteroatoms. The van der Waals surface area contributed by atoms with Crippen molar-refractivity contribution >= 4 is 9.84 Å². The third-order valence-electron chi connectivity index (χ3n) is 2.97. The first-order chi connectivity index (χ1) is 9.40. The van der Waals surface area contributed by atoms with Gasteiger partial charge in [0, 0.05) is 13.2 Å². The van der Waals surface area contributed by atoms with Gasteiger partial charge in [-0.1, -0.05) is 26.0 Å². The Bertz CT molecular complexity index is 485. The van der Waals surface area contributed by atoms with Crippen LogP contribution in [0.25, 0.3) is 0 Å². The van der Waals surface area contributed by atoms with Gasteiger partial charge >= 0.3 is 0 Å². The Balaban J connectivity index is 2.86. The molecule has 0 saturated heterocycles. The second-order valence-electron chi connectivity index (χ2n) is 4.85. The highest BCUT2D eigenvalue weighted by atomic mass is 32.2. The maximum atomic E-state index is 12.3. The third-order valence-corrected chi connectivity index (χ3v) is 4.67. The molecular weight excluding hydrogens is 276 g/mol. The Labute approximate surface area is 122 Å². The quantitative estimate of drug-likeness (QED) is 0.693. The fourth-order valence-electron chi connectivity index (χ4n) is 1.85. The number of hydrogen-bond donors (Lipinski definition) is 0. The van der Waals surface area contributed by atoms with E-state index in [4.69, 9.17) is 9.47 Å². The predicted octanol–water partition coefficient (Wildman–Crippen LogP) is 2.98. The van der Waals surface area contributed by atoms with E-state index in [1.807, 2.05) is 26.0 Å². The van der Waals surface area contributed by atoms with E-state index in [2.05, 4.69) is 13.8 Å². The summed E-state index contributed by atoms with van der Waals surface area (Å²) in [6.07, 6.45) is -0.709. The van der Waals surface area contributed by atoms with Gasteiger partial charge in [-0.3, -0.25) is 0 Å². The molecule has 0 aliphatic rings. The summed E-state index contributed by atoms with van der Waals surface area (Å²) in [7, 11) is -3.40. The summed E-state index contributed by atoms with van der Waals surface area (Å²) in [5.41, 5.74) is 1.12. The molecule has 0 heterocycles. The molecule has 114 valence electrons. The van der Waals surface area contributed by atoms with Crippen LogP contribution < -0.4 is 0 Å². The van der Waals surface area contributed by atoms with Gasteiger partial charge in [0.05, 0.1) is 4.90 Å². The SMILES string of the molecule is CCOC(CS(=O)(=O)c1ccc(C(C)C)cc1)OCC. The molecule has 0 amide bonds. The van der Waals surface area contributed by atoms with Crippen molar-refractivity contribution < 1.29 is 17.9 Å². The highest BCUT2D eigenvalue weighted by Crippen LogP contribution is 2.19. The Hall–Kier alpha value is -0.910. The minimum atomic E-state index is -3.40. The summed E-state index contributed by atoms with van der Waals surface area (Å²) < 4.78 is 35.2. The summed E-state index contributed by atoms with van der Waals surface area (Å²) in [6, 6.07) is 7.01. The standard InChI is InChI=1S/C15H24O4S/c1-5-18-15(19-6-2)11-20(16,17)14-9-7-13(8-10-14)12(3)4/h7-10,12,15H,5-6,11H2,1-4H3. The van der Waals surface area contributed by atoms with Gasteiger partial charge in [-0.2, -0.15) is 0 Å². The van der Waals surface area contributed by atoms with Crippen molar-refractivity contribution in [3.8, 4) is 0 Å². The van der Waals surface area contributed by atoms with Crippen LogP contribution in [0.5, 0.6) is 0 Å². The maximum absolute atomic E-state index is 12.3. The lowest BCUT2D eigenvalue weighted by atomic mass is 10.0. The van der Waals surface area contributed by atoms with Crippen molar-refractivity contribution in [2.24, 2.45) is 0 Å². The van der Waals surface area contributed by atoms with Crippen LogP contribution in [0.2, 0.25) is 0 Å². The van der Waals surface area contributed by atoms with E-state index in [1.54, 1.807) is 12.1 Å². The molecule has 0 bridgehead atoms. The van der Waals surface area contributed by atoms with Crippen molar-refractivity contribution in [2.75, 3.05) is 19.0 Å². The normalized spacial score (nSPS) is 12.3. The first-order valence-corrected chi connectivity index (χ1v) is 8.61. The lowest BCUT2D eigenvalue weighted by molar-refractivity contribution is -0.120. The van der Waals surface area contributed by atoms with Crippen LogP contribution in [0.15, 0.2) is 29.2 Å². The Kier molecular flexibility index (Phi) is 6.65. The second-order valence-corrected chi connectivity index (χ2v) is 6.88. The number of benzene rings is 1. The predicted molar refractivity (Wildman–Crippen MR) is 79.6 cm³/mol. The molecule has 0 atom stereocenters. The van der Waals surface area contributed by atoms with Gasteiger partial charge in [0.15, 0.2) is 16.1 Å². The summed E-state index contributed by atoms with van der Waals surface area (Å²) >= 11 is 0. The number of hydrogen-bond acceptors (Lipinski definition) is 4. The fourth-order valence-corrected chi connectivity index (χ4v) is 3.15. The molecule has 0 spiro atoms. The third kappa shape index (κ3) is 4.89. The van der Waals surface area contributed by atoms with E-state index in [-0.39, 0.29) is 5.75 Å². The smallest absolute Gasteiger partial charge is 0.183 e. The van der Waals surface area contributed by atoms with Gasteiger partial charge in [0.1, 0.15) is 5.75 Å². The monoisotopic (exact) mass is 300 g/mol. The van der Waals surface area contributed by atoms with Gasteiger partial charge in [-0.15, -0.1) is 0 Å². The first-order valence-electron chi connectivity index (χ1n) is 6.96. The van der Waals surface area contributed by atoms with Gasteiger partial charge < -0.3 is 9.47 Å². The zero-order valence-electron chi connectivity index (χ0n) is 12.6. The van der Waals surface area contributed by atoms with Crippen molar-refractivity contribution in [1.29, 1.82) is 0 Å². The molecule has 1 rings (SSSR count). The van der Waals surface area contributed by atoms with Crippen molar-refractivity contribution in [1.82, 2.24) is 0 Å². The topological polar surface area (TPSA) is 52.6 Å². The number of rotatable bonds is 8. The molecule has 0 aromatic heterocycles. The maximum Gasteiger partial charge on any atom is 0.183 e. The van der Waals surface area contributed by atoms with Crippen LogP contribution in [-0.2, 0) is 19.3 Å². The molecule has 20 heavy (non-hydrogen) atoms. The van der Waals surface area contributed by atoms with E-state index in [9.17, 15) is 8.42 Å². The second kappa shape index (κ2) is 7.76. The molecule has 1 aromatic rings. The Morgan fingerprint density at radius 1 is 1.00 bits per heavy atom. The zero-order valence-corrected chi connectivity index (χ0v) is 13.4. The fraction of sp³-hybridized carbons (Fsp3) is 0.600. The summed E-state index contributed by atoms with van der Waals surface area (Å²) in [5.74, 6) is 0.224.